The first-order valence-corrected chi connectivity index (χ1v) is 5.56. The summed E-state index contributed by atoms with van der Waals surface area (Å²) >= 11 is 6.85. The fourth-order valence-electron chi connectivity index (χ4n) is 0.916. The molecule has 0 heterocycles. The van der Waals surface area contributed by atoms with Crippen molar-refractivity contribution in [3.8, 4) is 0 Å². The van der Waals surface area contributed by atoms with Crippen LogP contribution in [0.4, 0.5) is 5.69 Å². The van der Waals surface area contributed by atoms with Gasteiger partial charge in [-0.15, -0.1) is 0 Å². The van der Waals surface area contributed by atoms with E-state index in [0.717, 1.165) is 14.6 Å². The number of aliphatic hydroxyl groups is 1. The Morgan fingerprint density at radius 1 is 1.38 bits per heavy atom. The van der Waals surface area contributed by atoms with Gasteiger partial charge in [0.05, 0.1) is 11.8 Å². The lowest BCUT2D eigenvalue weighted by atomic mass is 10.3. The number of hydrogen-bond acceptors (Lipinski definition) is 2. The maximum Gasteiger partial charge on any atom is 0.0684 e. The van der Waals surface area contributed by atoms with E-state index in [4.69, 9.17) is 5.11 Å². The summed E-state index contributed by atoms with van der Waals surface area (Å²) in [5.74, 6) is 0. The zero-order valence-electron chi connectivity index (χ0n) is 7.22. The van der Waals surface area contributed by atoms with Gasteiger partial charge < -0.3 is 10.4 Å². The number of benzene rings is 1. The van der Waals surface area contributed by atoms with Gasteiger partial charge in [0.1, 0.15) is 0 Å². The molecule has 0 amide bonds. The van der Waals surface area contributed by atoms with Gasteiger partial charge in [0, 0.05) is 15.5 Å². The first-order chi connectivity index (χ1) is 6.11. The average Bonchev–Trinajstić information content (AvgIpc) is 2.03. The maximum absolute atomic E-state index is 9.10. The Kier molecular flexibility index (Phi) is 4.22. The molecule has 4 heteroatoms. The molecular formula is C9H11Br2NO. The molecule has 1 atom stereocenters. The molecule has 13 heavy (non-hydrogen) atoms. The first-order valence-electron chi connectivity index (χ1n) is 3.97. The average molecular weight is 309 g/mol. The Morgan fingerprint density at radius 3 is 2.38 bits per heavy atom. The molecule has 72 valence electrons. The quantitative estimate of drug-likeness (QED) is 0.899. The van der Waals surface area contributed by atoms with Gasteiger partial charge >= 0.3 is 0 Å². The number of para-hydroxylation sites is 1. The Bertz CT molecular complexity index is 269. The molecular weight excluding hydrogens is 298 g/mol. The van der Waals surface area contributed by atoms with E-state index >= 15 is 0 Å². The highest BCUT2D eigenvalue weighted by atomic mass is 79.9. The van der Waals surface area contributed by atoms with Crippen LogP contribution >= 0.6 is 31.9 Å². The summed E-state index contributed by atoms with van der Waals surface area (Å²) in [7, 11) is 0. The number of aliphatic hydroxyl groups excluding tert-OH is 1. The number of anilines is 1. The zero-order chi connectivity index (χ0) is 9.84. The van der Waals surface area contributed by atoms with E-state index < -0.39 is 0 Å². The topological polar surface area (TPSA) is 32.3 Å². The number of hydrogen-bond donors (Lipinski definition) is 2. The smallest absolute Gasteiger partial charge is 0.0684 e. The molecule has 0 spiro atoms. The van der Waals surface area contributed by atoms with Crippen molar-refractivity contribution < 1.29 is 5.11 Å². The van der Waals surface area contributed by atoms with Gasteiger partial charge in [0.25, 0.3) is 0 Å². The molecule has 1 aromatic carbocycles. The van der Waals surface area contributed by atoms with Crippen LogP contribution in [0.3, 0.4) is 0 Å². The molecule has 0 unspecified atom stereocenters. The van der Waals surface area contributed by atoms with E-state index in [9.17, 15) is 0 Å². The second-order valence-corrected chi connectivity index (χ2v) is 4.54. The standard InChI is InChI=1S/C9H11Br2NO/c1-6(13)5-12-9-7(10)3-2-4-8(9)11/h2-4,6,12-13H,5H2,1H3/t6-/m0/s1. The molecule has 0 aromatic heterocycles. The van der Waals surface area contributed by atoms with Crippen LogP contribution in [0.25, 0.3) is 0 Å². The van der Waals surface area contributed by atoms with Gasteiger partial charge in [-0.1, -0.05) is 6.07 Å². The largest absolute Gasteiger partial charge is 0.392 e. The van der Waals surface area contributed by atoms with E-state index in [0.29, 0.717) is 6.54 Å². The monoisotopic (exact) mass is 307 g/mol. The lowest BCUT2D eigenvalue weighted by Gasteiger charge is -2.11. The van der Waals surface area contributed by atoms with Gasteiger partial charge in [0.15, 0.2) is 0 Å². The van der Waals surface area contributed by atoms with E-state index in [-0.39, 0.29) is 6.10 Å². The fraction of sp³-hybridized carbons (Fsp3) is 0.333. The molecule has 1 rings (SSSR count). The van der Waals surface area contributed by atoms with Gasteiger partial charge in [-0.2, -0.15) is 0 Å². The summed E-state index contributed by atoms with van der Waals surface area (Å²) < 4.78 is 1.98. The molecule has 2 N–H and O–H groups in total. The van der Waals surface area contributed by atoms with E-state index in [1.807, 2.05) is 18.2 Å². The van der Waals surface area contributed by atoms with Crippen LogP contribution in [-0.2, 0) is 0 Å². The minimum absolute atomic E-state index is 0.348. The molecule has 0 fully saturated rings. The van der Waals surface area contributed by atoms with Crippen LogP contribution in [0.5, 0.6) is 0 Å². The Morgan fingerprint density at radius 2 is 1.92 bits per heavy atom. The lowest BCUT2D eigenvalue weighted by Crippen LogP contribution is -2.15. The zero-order valence-corrected chi connectivity index (χ0v) is 10.4. The molecule has 0 radical (unpaired) electrons. The van der Waals surface area contributed by atoms with Gasteiger partial charge in [-0.05, 0) is 50.9 Å². The predicted molar refractivity (Wildman–Crippen MR) is 62.0 cm³/mol. The minimum Gasteiger partial charge on any atom is -0.392 e. The summed E-state index contributed by atoms with van der Waals surface area (Å²) in [6.07, 6.45) is -0.348. The fourth-order valence-corrected chi connectivity index (χ4v) is 2.20. The van der Waals surface area contributed by atoms with Crippen LogP contribution in [0, 0.1) is 0 Å². The predicted octanol–water partition coefficient (Wildman–Crippen LogP) is 3.00. The van der Waals surface area contributed by atoms with Gasteiger partial charge in [-0.25, -0.2) is 0 Å². The Labute approximate surface area is 94.6 Å². The van der Waals surface area contributed by atoms with E-state index in [1.54, 1.807) is 6.92 Å². The van der Waals surface area contributed by atoms with Crippen LogP contribution in [0.15, 0.2) is 27.1 Å². The highest BCUT2D eigenvalue weighted by molar-refractivity contribution is 9.11. The molecule has 0 bridgehead atoms. The third-order valence-electron chi connectivity index (χ3n) is 1.54. The summed E-state index contributed by atoms with van der Waals surface area (Å²) in [6.45, 7) is 2.29. The highest BCUT2D eigenvalue weighted by Gasteiger charge is 2.04. The Balaban J connectivity index is 2.75. The van der Waals surface area contributed by atoms with Crippen molar-refractivity contribution >= 4 is 37.5 Å². The molecule has 0 aliphatic carbocycles. The number of halogens is 2. The van der Waals surface area contributed by atoms with Crippen molar-refractivity contribution in [2.75, 3.05) is 11.9 Å². The molecule has 2 nitrogen and oxygen atoms in total. The molecule has 0 saturated heterocycles. The normalized spacial score (nSPS) is 12.6. The van der Waals surface area contributed by atoms with Crippen molar-refractivity contribution in [2.45, 2.75) is 13.0 Å². The van der Waals surface area contributed by atoms with Gasteiger partial charge in [-0.3, -0.25) is 0 Å². The summed E-state index contributed by atoms with van der Waals surface area (Å²) in [4.78, 5) is 0. The second-order valence-electron chi connectivity index (χ2n) is 2.83. The van der Waals surface area contributed by atoms with Crippen LogP contribution in [0.2, 0.25) is 0 Å². The highest BCUT2D eigenvalue weighted by Crippen LogP contribution is 2.30. The number of nitrogens with one attached hydrogen (secondary N) is 1. The van der Waals surface area contributed by atoms with Crippen LogP contribution < -0.4 is 5.32 Å². The molecule has 0 aliphatic heterocycles. The summed E-state index contributed by atoms with van der Waals surface area (Å²) in [5, 5.41) is 12.2. The number of rotatable bonds is 3. The van der Waals surface area contributed by atoms with Crippen molar-refractivity contribution in [3.63, 3.8) is 0 Å². The van der Waals surface area contributed by atoms with E-state index in [2.05, 4.69) is 37.2 Å². The second kappa shape index (κ2) is 4.98. The van der Waals surface area contributed by atoms with Crippen LogP contribution in [0.1, 0.15) is 6.92 Å². The summed E-state index contributed by atoms with van der Waals surface area (Å²) in [5.41, 5.74) is 0.975. The maximum atomic E-state index is 9.10. The Hall–Kier alpha value is -0.0600. The SMILES string of the molecule is C[C@H](O)CNc1c(Br)cccc1Br. The molecule has 0 aliphatic rings. The van der Waals surface area contributed by atoms with Crippen LogP contribution in [-0.4, -0.2) is 17.8 Å². The third kappa shape index (κ3) is 3.29. The summed E-state index contributed by atoms with van der Waals surface area (Å²) in [6, 6.07) is 5.85. The first kappa shape index (κ1) is 11.0. The lowest BCUT2D eigenvalue weighted by molar-refractivity contribution is 0.208. The molecule has 0 saturated carbocycles. The van der Waals surface area contributed by atoms with Crippen molar-refractivity contribution in [1.82, 2.24) is 0 Å². The van der Waals surface area contributed by atoms with Crippen molar-refractivity contribution in [2.24, 2.45) is 0 Å². The van der Waals surface area contributed by atoms with E-state index in [1.165, 1.54) is 0 Å². The van der Waals surface area contributed by atoms with Crippen molar-refractivity contribution in [3.05, 3.63) is 27.1 Å². The molecule has 1 aromatic rings. The van der Waals surface area contributed by atoms with Gasteiger partial charge in [0.2, 0.25) is 0 Å². The van der Waals surface area contributed by atoms with Crippen molar-refractivity contribution in [1.29, 1.82) is 0 Å². The third-order valence-corrected chi connectivity index (χ3v) is 2.86. The minimum atomic E-state index is -0.348.